The number of aryl methyl sites for hydroxylation is 1. The third kappa shape index (κ3) is 6.35. The highest BCUT2D eigenvalue weighted by Gasteiger charge is 2.12. The van der Waals surface area contributed by atoms with E-state index in [9.17, 15) is 5.11 Å². The minimum Gasteiger partial charge on any atom is -0.508 e. The van der Waals surface area contributed by atoms with Gasteiger partial charge in [0.2, 0.25) is 0 Å². The van der Waals surface area contributed by atoms with Crippen LogP contribution in [0.5, 0.6) is 5.75 Å². The highest BCUT2D eigenvalue weighted by Crippen LogP contribution is 2.29. The molecule has 108 valence electrons. The molecule has 0 atom stereocenters. The lowest BCUT2D eigenvalue weighted by molar-refractivity contribution is 0.470. The molecule has 1 aromatic rings. The van der Waals surface area contributed by atoms with Crippen molar-refractivity contribution in [1.29, 1.82) is 0 Å². The van der Waals surface area contributed by atoms with Crippen molar-refractivity contribution in [3.05, 3.63) is 23.8 Å². The van der Waals surface area contributed by atoms with Crippen molar-refractivity contribution in [1.82, 2.24) is 4.31 Å². The van der Waals surface area contributed by atoms with E-state index in [1.807, 2.05) is 19.1 Å². The van der Waals surface area contributed by atoms with E-state index in [-0.39, 0.29) is 0 Å². The number of unbranched alkanes of at least 4 members (excludes halogenated alkanes) is 2. The van der Waals surface area contributed by atoms with E-state index < -0.39 is 0 Å². The maximum atomic E-state index is 9.38. The highest BCUT2D eigenvalue weighted by atomic mass is 32.2. The number of nitrogens with zero attached hydrogens (tertiary/aromatic N) is 1. The molecule has 1 aliphatic rings. The second kappa shape index (κ2) is 9.27. The van der Waals surface area contributed by atoms with Crippen molar-refractivity contribution < 1.29 is 5.11 Å². The Kier molecular flexibility index (Phi) is 7.99. The number of hydrogen-bond donors (Lipinski definition) is 1. The van der Waals surface area contributed by atoms with Crippen LogP contribution < -0.4 is 0 Å². The van der Waals surface area contributed by atoms with Gasteiger partial charge in [0, 0.05) is 18.0 Å². The molecule has 1 saturated heterocycles. The van der Waals surface area contributed by atoms with Crippen molar-refractivity contribution in [3.8, 4) is 5.75 Å². The van der Waals surface area contributed by atoms with Crippen LogP contribution in [-0.4, -0.2) is 22.5 Å². The molecule has 0 unspecified atom stereocenters. The number of benzene rings is 1. The zero-order valence-corrected chi connectivity index (χ0v) is 13.3. The van der Waals surface area contributed by atoms with Crippen LogP contribution in [0, 0.1) is 6.92 Å². The maximum absolute atomic E-state index is 9.38. The molecule has 1 fully saturated rings. The van der Waals surface area contributed by atoms with Crippen molar-refractivity contribution in [2.45, 2.75) is 57.8 Å². The van der Waals surface area contributed by atoms with Crippen LogP contribution >= 0.6 is 11.9 Å². The normalized spacial score (nSPS) is 15.1. The minimum atomic E-state index is 0.385. The van der Waals surface area contributed by atoms with E-state index in [1.165, 1.54) is 50.1 Å². The fourth-order valence-electron chi connectivity index (χ4n) is 1.97. The highest BCUT2D eigenvalue weighted by molar-refractivity contribution is 7.97. The Bertz CT molecular complexity index is 360. The largest absolute Gasteiger partial charge is 0.508 e. The average molecular weight is 281 g/mol. The van der Waals surface area contributed by atoms with E-state index in [0.29, 0.717) is 5.75 Å². The number of phenolic OH excluding ortho intramolecular Hbond substituents is 1. The molecule has 1 aliphatic heterocycles. The summed E-state index contributed by atoms with van der Waals surface area (Å²) in [5, 5.41) is 9.38. The van der Waals surface area contributed by atoms with Crippen molar-refractivity contribution >= 4 is 11.9 Å². The van der Waals surface area contributed by atoms with Gasteiger partial charge in [-0.25, -0.2) is 4.31 Å². The summed E-state index contributed by atoms with van der Waals surface area (Å²) in [4.78, 5) is 1.22. The van der Waals surface area contributed by atoms with Gasteiger partial charge >= 0.3 is 0 Å². The van der Waals surface area contributed by atoms with Crippen molar-refractivity contribution in [3.63, 3.8) is 0 Å². The van der Waals surface area contributed by atoms with E-state index in [0.717, 1.165) is 5.56 Å². The molecule has 2 nitrogen and oxygen atoms in total. The third-order valence-corrected chi connectivity index (χ3v) is 4.26. The third-order valence-electron chi connectivity index (χ3n) is 3.17. The predicted octanol–water partition coefficient (Wildman–Crippen LogP) is 5.00. The SMILES string of the molecule is CCCCC.Cc1cc(SN2CCCC2)ccc1O. The number of rotatable bonds is 4. The lowest BCUT2D eigenvalue weighted by Crippen LogP contribution is -2.08. The van der Waals surface area contributed by atoms with Gasteiger partial charge in [0.15, 0.2) is 0 Å². The zero-order chi connectivity index (χ0) is 14.1. The Morgan fingerprint density at radius 1 is 1.16 bits per heavy atom. The summed E-state index contributed by atoms with van der Waals surface area (Å²) in [7, 11) is 0. The molecular weight excluding hydrogens is 254 g/mol. The minimum absolute atomic E-state index is 0.385. The first-order chi connectivity index (χ1) is 9.17. The summed E-state index contributed by atoms with van der Waals surface area (Å²) in [5.74, 6) is 0.385. The van der Waals surface area contributed by atoms with E-state index in [2.05, 4.69) is 18.2 Å². The van der Waals surface area contributed by atoms with Crippen molar-refractivity contribution in [2.75, 3.05) is 13.1 Å². The lowest BCUT2D eigenvalue weighted by Gasteiger charge is -2.13. The van der Waals surface area contributed by atoms with Gasteiger partial charge < -0.3 is 5.11 Å². The van der Waals surface area contributed by atoms with E-state index in [4.69, 9.17) is 0 Å². The quantitative estimate of drug-likeness (QED) is 0.786. The van der Waals surface area contributed by atoms with Gasteiger partial charge in [-0.1, -0.05) is 33.1 Å². The summed E-state index contributed by atoms with van der Waals surface area (Å²) >= 11 is 1.80. The second-order valence-electron chi connectivity index (χ2n) is 5.03. The van der Waals surface area contributed by atoms with Crippen LogP contribution in [0.25, 0.3) is 0 Å². The fraction of sp³-hybridized carbons (Fsp3) is 0.625. The number of hydrogen-bond acceptors (Lipinski definition) is 3. The standard InChI is InChI=1S/C11H15NOS.C5H12/c1-9-8-10(4-5-11(9)13)14-12-6-2-3-7-12;1-3-5-4-2/h4-5,8,13H,2-3,6-7H2,1H3;3-5H2,1-2H3. The number of aromatic hydroxyl groups is 1. The number of phenols is 1. The molecule has 1 aromatic carbocycles. The van der Waals surface area contributed by atoms with Gasteiger partial charge in [0.25, 0.3) is 0 Å². The van der Waals surface area contributed by atoms with Gasteiger partial charge in [-0.2, -0.15) is 0 Å². The van der Waals surface area contributed by atoms with Crippen LogP contribution in [0.15, 0.2) is 23.1 Å². The smallest absolute Gasteiger partial charge is 0.118 e. The van der Waals surface area contributed by atoms with Gasteiger partial charge in [0.05, 0.1) is 0 Å². The zero-order valence-electron chi connectivity index (χ0n) is 12.5. The monoisotopic (exact) mass is 281 g/mol. The lowest BCUT2D eigenvalue weighted by atomic mass is 10.2. The summed E-state index contributed by atoms with van der Waals surface area (Å²) in [6.07, 6.45) is 6.70. The summed E-state index contributed by atoms with van der Waals surface area (Å²) in [5.41, 5.74) is 0.953. The van der Waals surface area contributed by atoms with Gasteiger partial charge in [0.1, 0.15) is 5.75 Å². The first-order valence-electron chi connectivity index (χ1n) is 7.40. The van der Waals surface area contributed by atoms with Crippen molar-refractivity contribution in [2.24, 2.45) is 0 Å². The molecular formula is C16H27NOS. The first-order valence-corrected chi connectivity index (χ1v) is 8.17. The molecule has 3 heteroatoms. The molecule has 0 bridgehead atoms. The fourth-order valence-corrected chi connectivity index (χ4v) is 3.06. The Morgan fingerprint density at radius 3 is 2.26 bits per heavy atom. The topological polar surface area (TPSA) is 23.5 Å². The molecule has 0 radical (unpaired) electrons. The molecule has 1 heterocycles. The summed E-state index contributed by atoms with van der Waals surface area (Å²) in [6, 6.07) is 5.79. The second-order valence-corrected chi connectivity index (χ2v) is 6.20. The average Bonchev–Trinajstić information content (AvgIpc) is 2.89. The Hall–Kier alpha value is -0.670. The molecule has 0 aliphatic carbocycles. The maximum Gasteiger partial charge on any atom is 0.118 e. The molecule has 19 heavy (non-hydrogen) atoms. The first kappa shape index (κ1) is 16.4. The van der Waals surface area contributed by atoms with Gasteiger partial charge in [-0.15, -0.1) is 0 Å². The molecule has 1 N–H and O–H groups in total. The van der Waals surface area contributed by atoms with E-state index >= 15 is 0 Å². The van der Waals surface area contributed by atoms with Crippen LogP contribution in [0.4, 0.5) is 0 Å². The Morgan fingerprint density at radius 2 is 1.79 bits per heavy atom. The van der Waals surface area contributed by atoms with Crippen LogP contribution in [-0.2, 0) is 0 Å². The summed E-state index contributed by atoms with van der Waals surface area (Å²) in [6.45, 7) is 8.73. The van der Waals surface area contributed by atoms with Gasteiger partial charge in [-0.3, -0.25) is 0 Å². The summed E-state index contributed by atoms with van der Waals surface area (Å²) < 4.78 is 2.38. The van der Waals surface area contributed by atoms with Crippen LogP contribution in [0.2, 0.25) is 0 Å². The Balaban J connectivity index is 0.000000312. The van der Waals surface area contributed by atoms with Gasteiger partial charge in [-0.05, 0) is 55.5 Å². The molecule has 0 amide bonds. The predicted molar refractivity (Wildman–Crippen MR) is 84.7 cm³/mol. The van der Waals surface area contributed by atoms with E-state index in [1.54, 1.807) is 18.0 Å². The van der Waals surface area contributed by atoms with Crippen LogP contribution in [0.3, 0.4) is 0 Å². The molecule has 0 saturated carbocycles. The molecule has 0 aromatic heterocycles. The molecule has 0 spiro atoms. The Labute approximate surface area is 122 Å². The van der Waals surface area contributed by atoms with Crippen LogP contribution in [0.1, 0.15) is 51.5 Å². The molecule has 2 rings (SSSR count).